The van der Waals surface area contributed by atoms with Gasteiger partial charge in [-0.2, -0.15) is 0 Å². The van der Waals surface area contributed by atoms with Crippen LogP contribution in [0.3, 0.4) is 0 Å². The highest BCUT2D eigenvalue weighted by Gasteiger charge is 2.15. The van der Waals surface area contributed by atoms with E-state index in [9.17, 15) is 4.79 Å². The van der Waals surface area contributed by atoms with Gasteiger partial charge in [-0.3, -0.25) is 10.1 Å². The summed E-state index contributed by atoms with van der Waals surface area (Å²) in [6.45, 7) is 4.23. The lowest BCUT2D eigenvalue weighted by atomic mass is 10.1. The summed E-state index contributed by atoms with van der Waals surface area (Å²) < 4.78 is 0. The van der Waals surface area contributed by atoms with Crippen LogP contribution >= 0.6 is 34.3 Å². The molecule has 3 rings (SSSR count). The molecule has 8 heteroatoms. The SMILES string of the molecule is CC(C)Cc1nnc(NC(=O)c2csc(-c3cccc(Cl)c3)n2)s1. The van der Waals surface area contributed by atoms with Crippen molar-refractivity contribution in [3.05, 3.63) is 45.4 Å². The Morgan fingerprint density at radius 1 is 1.33 bits per heavy atom. The quantitative estimate of drug-likeness (QED) is 0.694. The molecule has 2 aromatic heterocycles. The van der Waals surface area contributed by atoms with E-state index in [1.54, 1.807) is 11.4 Å². The summed E-state index contributed by atoms with van der Waals surface area (Å²) in [5.74, 6) is 0.215. The van der Waals surface area contributed by atoms with Crippen molar-refractivity contribution >= 4 is 45.3 Å². The molecule has 0 aliphatic heterocycles. The molecule has 0 aliphatic carbocycles. The van der Waals surface area contributed by atoms with E-state index < -0.39 is 0 Å². The number of carbonyl (C=O) groups excluding carboxylic acids is 1. The lowest BCUT2D eigenvalue weighted by molar-refractivity contribution is 0.102. The molecule has 2 heterocycles. The smallest absolute Gasteiger partial charge is 0.276 e. The summed E-state index contributed by atoms with van der Waals surface area (Å²) in [7, 11) is 0. The molecule has 0 spiro atoms. The Bertz CT molecular complexity index is 859. The lowest BCUT2D eigenvalue weighted by Crippen LogP contribution is -2.12. The van der Waals surface area contributed by atoms with Crippen molar-refractivity contribution in [1.29, 1.82) is 0 Å². The number of thiazole rings is 1. The van der Waals surface area contributed by atoms with Gasteiger partial charge in [-0.25, -0.2) is 4.98 Å². The summed E-state index contributed by atoms with van der Waals surface area (Å²) in [5, 5.41) is 15.4. The minimum atomic E-state index is -0.285. The number of nitrogens with one attached hydrogen (secondary N) is 1. The molecule has 0 saturated carbocycles. The van der Waals surface area contributed by atoms with Gasteiger partial charge < -0.3 is 0 Å². The Labute approximate surface area is 152 Å². The van der Waals surface area contributed by atoms with Gasteiger partial charge in [-0.1, -0.05) is 48.9 Å². The molecule has 0 atom stereocenters. The van der Waals surface area contributed by atoms with Crippen molar-refractivity contribution in [2.75, 3.05) is 5.32 Å². The van der Waals surface area contributed by atoms with Crippen molar-refractivity contribution < 1.29 is 4.79 Å². The third kappa shape index (κ3) is 4.17. The molecule has 5 nitrogen and oxygen atoms in total. The van der Waals surface area contributed by atoms with Crippen molar-refractivity contribution in [3.63, 3.8) is 0 Å². The van der Waals surface area contributed by atoms with E-state index in [0.29, 0.717) is 21.8 Å². The molecular weight excluding hydrogens is 364 g/mol. The predicted octanol–water partition coefficient (Wildman–Crippen LogP) is 4.77. The first-order valence-electron chi connectivity index (χ1n) is 7.36. The van der Waals surface area contributed by atoms with Gasteiger partial charge in [0, 0.05) is 22.4 Å². The number of hydrogen-bond acceptors (Lipinski definition) is 6. The van der Waals surface area contributed by atoms with E-state index in [4.69, 9.17) is 11.6 Å². The second-order valence-corrected chi connectivity index (χ2v) is 7.96. The molecule has 0 unspecified atom stereocenters. The number of nitrogens with zero attached hydrogens (tertiary/aromatic N) is 3. The Kier molecular flexibility index (Phi) is 5.23. The number of carbonyl (C=O) groups is 1. The van der Waals surface area contributed by atoms with Gasteiger partial charge in [0.25, 0.3) is 5.91 Å². The third-order valence-electron chi connectivity index (χ3n) is 3.08. The highest BCUT2D eigenvalue weighted by atomic mass is 35.5. The zero-order chi connectivity index (χ0) is 17.1. The number of aromatic nitrogens is 3. The van der Waals surface area contributed by atoms with Gasteiger partial charge in [-0.15, -0.1) is 21.5 Å². The van der Waals surface area contributed by atoms with Crippen molar-refractivity contribution in [2.24, 2.45) is 5.92 Å². The number of amides is 1. The normalized spacial score (nSPS) is 11.0. The molecule has 124 valence electrons. The maximum Gasteiger partial charge on any atom is 0.276 e. The second kappa shape index (κ2) is 7.38. The van der Waals surface area contributed by atoms with E-state index in [1.165, 1.54) is 22.7 Å². The van der Waals surface area contributed by atoms with Crippen LogP contribution < -0.4 is 5.32 Å². The summed E-state index contributed by atoms with van der Waals surface area (Å²) in [4.78, 5) is 16.7. The molecule has 0 bridgehead atoms. The molecule has 1 amide bonds. The molecule has 3 aromatic rings. The van der Waals surface area contributed by atoms with Gasteiger partial charge in [0.2, 0.25) is 5.13 Å². The molecule has 0 fully saturated rings. The average Bonchev–Trinajstić information content (AvgIpc) is 3.16. The fraction of sp³-hybridized carbons (Fsp3) is 0.250. The summed E-state index contributed by atoms with van der Waals surface area (Å²) in [5.41, 5.74) is 1.25. The van der Waals surface area contributed by atoms with Crippen LogP contribution in [0.25, 0.3) is 10.6 Å². The monoisotopic (exact) mass is 378 g/mol. The van der Waals surface area contributed by atoms with Crippen LogP contribution in [-0.4, -0.2) is 21.1 Å². The van der Waals surface area contributed by atoms with Gasteiger partial charge in [-0.05, 0) is 18.1 Å². The van der Waals surface area contributed by atoms with Crippen LogP contribution in [0.4, 0.5) is 5.13 Å². The molecule has 0 radical (unpaired) electrons. The molecule has 0 saturated heterocycles. The highest BCUT2D eigenvalue weighted by molar-refractivity contribution is 7.15. The third-order valence-corrected chi connectivity index (χ3v) is 5.07. The molecule has 0 aliphatic rings. The number of benzene rings is 1. The Hall–Kier alpha value is -1.83. The minimum Gasteiger partial charge on any atom is -0.295 e. The maximum atomic E-state index is 12.3. The highest BCUT2D eigenvalue weighted by Crippen LogP contribution is 2.26. The van der Waals surface area contributed by atoms with Crippen LogP contribution in [0.15, 0.2) is 29.6 Å². The van der Waals surface area contributed by atoms with Crippen LogP contribution in [-0.2, 0) is 6.42 Å². The van der Waals surface area contributed by atoms with Crippen molar-refractivity contribution in [1.82, 2.24) is 15.2 Å². The largest absolute Gasteiger partial charge is 0.295 e. The summed E-state index contributed by atoms with van der Waals surface area (Å²) in [6, 6.07) is 7.40. The fourth-order valence-electron chi connectivity index (χ4n) is 2.03. The second-order valence-electron chi connectivity index (χ2n) is 5.60. The Balaban J connectivity index is 1.71. The fourth-order valence-corrected chi connectivity index (χ4v) is 3.96. The van der Waals surface area contributed by atoms with E-state index in [2.05, 4.69) is 34.3 Å². The predicted molar refractivity (Wildman–Crippen MR) is 99.0 cm³/mol. The van der Waals surface area contributed by atoms with Crippen LogP contribution in [0, 0.1) is 5.92 Å². The lowest BCUT2D eigenvalue weighted by Gasteiger charge is -1.98. The first kappa shape index (κ1) is 17.0. The Morgan fingerprint density at radius 3 is 2.92 bits per heavy atom. The standard InChI is InChI=1S/C16H15ClN4OS2/c1-9(2)6-13-20-21-16(24-13)19-14(22)12-8-23-15(18-12)10-4-3-5-11(17)7-10/h3-5,7-9H,6H2,1-2H3,(H,19,21,22). The van der Waals surface area contributed by atoms with Gasteiger partial charge >= 0.3 is 0 Å². The summed E-state index contributed by atoms with van der Waals surface area (Å²) >= 11 is 8.79. The number of rotatable bonds is 5. The zero-order valence-electron chi connectivity index (χ0n) is 13.1. The maximum absolute atomic E-state index is 12.3. The Morgan fingerprint density at radius 2 is 2.17 bits per heavy atom. The van der Waals surface area contributed by atoms with Crippen LogP contribution in [0.5, 0.6) is 0 Å². The molecule has 24 heavy (non-hydrogen) atoms. The van der Waals surface area contributed by atoms with Crippen molar-refractivity contribution in [2.45, 2.75) is 20.3 Å². The first-order chi connectivity index (χ1) is 11.5. The zero-order valence-corrected chi connectivity index (χ0v) is 15.5. The topological polar surface area (TPSA) is 67.8 Å². The number of hydrogen-bond donors (Lipinski definition) is 1. The molecular formula is C16H15ClN4OS2. The van der Waals surface area contributed by atoms with Gasteiger partial charge in [0.05, 0.1) is 0 Å². The summed E-state index contributed by atoms with van der Waals surface area (Å²) in [6.07, 6.45) is 0.850. The van der Waals surface area contributed by atoms with Crippen molar-refractivity contribution in [3.8, 4) is 10.6 Å². The van der Waals surface area contributed by atoms with Crippen LogP contribution in [0.2, 0.25) is 5.02 Å². The van der Waals surface area contributed by atoms with E-state index in [1.807, 2.05) is 18.2 Å². The number of anilines is 1. The van der Waals surface area contributed by atoms with E-state index in [0.717, 1.165) is 22.0 Å². The molecule has 1 N–H and O–H groups in total. The van der Waals surface area contributed by atoms with E-state index in [-0.39, 0.29) is 5.91 Å². The average molecular weight is 379 g/mol. The van der Waals surface area contributed by atoms with Crippen LogP contribution in [0.1, 0.15) is 29.3 Å². The number of halogens is 1. The minimum absolute atomic E-state index is 0.285. The van der Waals surface area contributed by atoms with Gasteiger partial charge in [0.1, 0.15) is 15.7 Å². The van der Waals surface area contributed by atoms with Gasteiger partial charge in [0.15, 0.2) is 0 Å². The van der Waals surface area contributed by atoms with E-state index >= 15 is 0 Å². The first-order valence-corrected chi connectivity index (χ1v) is 9.44. The molecule has 1 aromatic carbocycles.